The lowest BCUT2D eigenvalue weighted by Crippen LogP contribution is -2.33. The number of carbonyl (C=O) groups is 1. The van der Waals surface area contributed by atoms with Crippen molar-refractivity contribution in [3.05, 3.63) is 98.4 Å². The molecule has 184 valence electrons. The zero-order valence-electron chi connectivity index (χ0n) is 19.5. The fraction of sp³-hybridized carbons (Fsp3) is 0.214. The molecular formula is C28H25BrN2O3S2. The Morgan fingerprint density at radius 2 is 1.86 bits per heavy atom. The van der Waals surface area contributed by atoms with Gasteiger partial charge in [-0.2, -0.15) is 0 Å². The number of halogens is 1. The Bertz CT molecular complexity index is 1330. The van der Waals surface area contributed by atoms with Crippen LogP contribution in [-0.2, 0) is 24.4 Å². The number of amides is 1. The monoisotopic (exact) mass is 580 g/mol. The minimum Gasteiger partial charge on any atom is -0.492 e. The maximum absolute atomic E-state index is 12.2. The minimum atomic E-state index is -0.190. The van der Waals surface area contributed by atoms with Crippen LogP contribution in [0.15, 0.2) is 76.1 Å². The Balaban J connectivity index is 1.28. The van der Waals surface area contributed by atoms with Crippen molar-refractivity contribution in [1.82, 2.24) is 10.2 Å². The van der Waals surface area contributed by atoms with Crippen molar-refractivity contribution in [2.75, 3.05) is 19.7 Å². The fourth-order valence-electron chi connectivity index (χ4n) is 4.22. The first-order valence-corrected chi connectivity index (χ1v) is 13.7. The minimum absolute atomic E-state index is 0.190. The highest BCUT2D eigenvalue weighted by Crippen LogP contribution is 2.32. The zero-order valence-corrected chi connectivity index (χ0v) is 22.8. The van der Waals surface area contributed by atoms with Gasteiger partial charge in [-0.05, 0) is 41.8 Å². The molecule has 36 heavy (non-hydrogen) atoms. The SMILES string of the molecule is O=C1NC(=S)SC1=Cc1ccc(OCCN2CCc3ccccc3C2)cc1OCc1ccccc1Br. The summed E-state index contributed by atoms with van der Waals surface area (Å²) in [6.45, 7) is 3.80. The van der Waals surface area contributed by atoms with Gasteiger partial charge in [0, 0.05) is 41.3 Å². The number of carbonyl (C=O) groups excluding carboxylic acids is 1. The van der Waals surface area contributed by atoms with Crippen LogP contribution in [0.3, 0.4) is 0 Å². The summed E-state index contributed by atoms with van der Waals surface area (Å²) in [7, 11) is 0. The summed E-state index contributed by atoms with van der Waals surface area (Å²) >= 11 is 9.96. The lowest BCUT2D eigenvalue weighted by atomic mass is 10.0. The van der Waals surface area contributed by atoms with Gasteiger partial charge in [0.25, 0.3) is 5.91 Å². The molecule has 1 N–H and O–H groups in total. The van der Waals surface area contributed by atoms with Crippen molar-refractivity contribution >= 4 is 56.2 Å². The highest BCUT2D eigenvalue weighted by molar-refractivity contribution is 9.10. The summed E-state index contributed by atoms with van der Waals surface area (Å²) in [5.41, 5.74) is 4.67. The number of nitrogens with one attached hydrogen (secondary N) is 1. The van der Waals surface area contributed by atoms with E-state index in [4.69, 9.17) is 21.7 Å². The van der Waals surface area contributed by atoms with E-state index >= 15 is 0 Å². The summed E-state index contributed by atoms with van der Waals surface area (Å²) in [6.07, 6.45) is 2.88. The molecule has 5 nitrogen and oxygen atoms in total. The average Bonchev–Trinajstić information content (AvgIpc) is 3.20. The van der Waals surface area contributed by atoms with Gasteiger partial charge in [-0.25, -0.2) is 0 Å². The molecule has 0 bridgehead atoms. The number of rotatable bonds is 8. The Kier molecular flexibility index (Phi) is 8.06. The molecule has 0 unspecified atom stereocenters. The van der Waals surface area contributed by atoms with Crippen LogP contribution >= 0.6 is 39.9 Å². The second-order valence-corrected chi connectivity index (χ2v) is 11.1. The molecule has 0 aromatic heterocycles. The van der Waals surface area contributed by atoms with Gasteiger partial charge in [-0.15, -0.1) is 0 Å². The second kappa shape index (κ2) is 11.6. The number of thiocarbonyl (C=S) groups is 1. The molecule has 0 spiro atoms. The largest absolute Gasteiger partial charge is 0.492 e. The molecule has 1 saturated heterocycles. The molecule has 0 atom stereocenters. The normalized spacial score (nSPS) is 16.6. The number of hydrogen-bond acceptors (Lipinski definition) is 6. The van der Waals surface area contributed by atoms with Crippen LogP contribution < -0.4 is 14.8 Å². The number of ether oxygens (including phenoxy) is 2. The molecule has 2 aliphatic rings. The van der Waals surface area contributed by atoms with E-state index in [1.165, 1.54) is 22.9 Å². The summed E-state index contributed by atoms with van der Waals surface area (Å²) in [5.74, 6) is 1.19. The predicted octanol–water partition coefficient (Wildman–Crippen LogP) is 5.95. The van der Waals surface area contributed by atoms with Gasteiger partial charge < -0.3 is 14.8 Å². The first-order chi connectivity index (χ1) is 17.5. The third kappa shape index (κ3) is 6.18. The Morgan fingerprint density at radius 3 is 2.67 bits per heavy atom. The molecule has 1 fully saturated rings. The van der Waals surface area contributed by atoms with E-state index in [9.17, 15) is 4.79 Å². The van der Waals surface area contributed by atoms with Crippen LogP contribution in [0.1, 0.15) is 22.3 Å². The lowest BCUT2D eigenvalue weighted by Gasteiger charge is -2.28. The van der Waals surface area contributed by atoms with Crippen molar-refractivity contribution in [1.29, 1.82) is 0 Å². The topological polar surface area (TPSA) is 50.8 Å². The van der Waals surface area contributed by atoms with Crippen molar-refractivity contribution < 1.29 is 14.3 Å². The highest BCUT2D eigenvalue weighted by atomic mass is 79.9. The van der Waals surface area contributed by atoms with Gasteiger partial charge in [0.1, 0.15) is 29.0 Å². The molecule has 3 aromatic rings. The molecule has 5 rings (SSSR count). The van der Waals surface area contributed by atoms with E-state index in [0.717, 1.165) is 47.4 Å². The van der Waals surface area contributed by atoms with Gasteiger partial charge >= 0.3 is 0 Å². The zero-order chi connectivity index (χ0) is 24.9. The Labute approximate surface area is 229 Å². The quantitative estimate of drug-likeness (QED) is 0.262. The van der Waals surface area contributed by atoms with E-state index in [1.54, 1.807) is 0 Å². The summed E-state index contributed by atoms with van der Waals surface area (Å²) in [6, 6.07) is 22.3. The van der Waals surface area contributed by atoms with Crippen molar-refractivity contribution in [2.24, 2.45) is 0 Å². The predicted molar refractivity (Wildman–Crippen MR) is 152 cm³/mol. The van der Waals surface area contributed by atoms with Gasteiger partial charge in [-0.3, -0.25) is 9.69 Å². The number of fused-ring (bicyclic) bond motifs is 1. The van der Waals surface area contributed by atoms with Crippen molar-refractivity contribution in [2.45, 2.75) is 19.6 Å². The average molecular weight is 582 g/mol. The Hall–Kier alpha value is -2.65. The third-order valence-corrected chi connectivity index (χ3v) is 8.08. The van der Waals surface area contributed by atoms with E-state index in [0.29, 0.717) is 28.2 Å². The molecule has 0 radical (unpaired) electrons. The van der Waals surface area contributed by atoms with Crippen LogP contribution in [0, 0.1) is 0 Å². The number of benzene rings is 3. The van der Waals surface area contributed by atoms with Crippen molar-refractivity contribution in [3.63, 3.8) is 0 Å². The lowest BCUT2D eigenvalue weighted by molar-refractivity contribution is -0.115. The standard InChI is InChI=1S/C28H25BrN2O3S2/c29-24-8-4-3-7-22(24)18-34-25-16-23(10-9-20(25)15-26-27(32)30-28(35)36-26)33-14-13-31-12-11-19-5-1-2-6-21(19)17-31/h1-10,15-16H,11-14,17-18H2,(H,30,32,35). The van der Waals surface area contributed by atoms with Crippen LogP contribution in [0.2, 0.25) is 0 Å². The summed E-state index contributed by atoms with van der Waals surface area (Å²) in [4.78, 5) is 15.2. The molecule has 0 aliphatic carbocycles. The van der Waals surface area contributed by atoms with Crippen molar-refractivity contribution in [3.8, 4) is 11.5 Å². The van der Waals surface area contributed by atoms with Gasteiger partial charge in [0.2, 0.25) is 0 Å². The van der Waals surface area contributed by atoms with Crippen LogP contribution in [0.4, 0.5) is 0 Å². The first kappa shape index (κ1) is 25.0. The molecule has 3 aromatic carbocycles. The highest BCUT2D eigenvalue weighted by Gasteiger charge is 2.23. The second-order valence-electron chi connectivity index (χ2n) is 8.58. The Morgan fingerprint density at radius 1 is 1.06 bits per heavy atom. The molecule has 2 heterocycles. The number of nitrogens with zero attached hydrogens (tertiary/aromatic N) is 1. The van der Waals surface area contributed by atoms with Crippen LogP contribution in [0.25, 0.3) is 6.08 Å². The van der Waals surface area contributed by atoms with Gasteiger partial charge in [-0.1, -0.05) is 82.4 Å². The third-order valence-electron chi connectivity index (χ3n) is 6.14. The number of thioether (sulfide) groups is 1. The first-order valence-electron chi connectivity index (χ1n) is 11.7. The van der Waals surface area contributed by atoms with E-state index in [-0.39, 0.29) is 5.91 Å². The van der Waals surface area contributed by atoms with Gasteiger partial charge in [0.05, 0.1) is 4.91 Å². The summed E-state index contributed by atoms with van der Waals surface area (Å²) in [5, 5.41) is 2.66. The molecular weight excluding hydrogens is 556 g/mol. The summed E-state index contributed by atoms with van der Waals surface area (Å²) < 4.78 is 13.8. The van der Waals surface area contributed by atoms with Crippen LogP contribution in [-0.4, -0.2) is 34.8 Å². The van der Waals surface area contributed by atoms with E-state index < -0.39 is 0 Å². The maximum Gasteiger partial charge on any atom is 0.263 e. The van der Waals surface area contributed by atoms with Crippen LogP contribution in [0.5, 0.6) is 11.5 Å². The van der Waals surface area contributed by atoms with Gasteiger partial charge in [0.15, 0.2) is 0 Å². The molecule has 2 aliphatic heterocycles. The fourth-order valence-corrected chi connectivity index (χ4v) is 5.65. The smallest absolute Gasteiger partial charge is 0.263 e. The van der Waals surface area contributed by atoms with E-state index in [1.807, 2.05) is 48.5 Å². The number of hydrogen-bond donors (Lipinski definition) is 1. The maximum atomic E-state index is 12.2. The molecule has 0 saturated carbocycles. The molecule has 1 amide bonds. The molecule has 8 heteroatoms. The van der Waals surface area contributed by atoms with E-state index in [2.05, 4.69) is 50.4 Å².